The molecule has 0 amide bonds. The third-order valence-corrected chi connectivity index (χ3v) is 2.65. The van der Waals surface area contributed by atoms with Crippen molar-refractivity contribution < 1.29 is 9.53 Å². The fourth-order valence-electron chi connectivity index (χ4n) is 1.62. The number of esters is 1. The average molecular weight is 257 g/mol. The van der Waals surface area contributed by atoms with Crippen LogP contribution in [0.5, 0.6) is 0 Å². The highest BCUT2D eigenvalue weighted by Gasteiger charge is 2.15. The molecule has 1 unspecified atom stereocenters. The Kier molecular flexibility index (Phi) is 5.38. The zero-order chi connectivity index (χ0) is 12.8. The normalized spacial score (nSPS) is 12.5. The van der Waals surface area contributed by atoms with Crippen LogP contribution >= 0.6 is 11.6 Å². The maximum atomic E-state index is 11.3. The van der Waals surface area contributed by atoms with Gasteiger partial charge in [0.15, 0.2) is 0 Å². The van der Waals surface area contributed by atoms with E-state index >= 15 is 0 Å². The lowest BCUT2D eigenvalue weighted by atomic mass is 10.1. The molecule has 0 bridgehead atoms. The van der Waals surface area contributed by atoms with Gasteiger partial charge >= 0.3 is 5.97 Å². The van der Waals surface area contributed by atoms with Crippen molar-refractivity contribution in [2.75, 3.05) is 20.7 Å². The molecule has 1 aromatic rings. The van der Waals surface area contributed by atoms with Gasteiger partial charge in [-0.1, -0.05) is 24.6 Å². The molecule has 0 aliphatic rings. The first kappa shape index (κ1) is 13.9. The zero-order valence-electron chi connectivity index (χ0n) is 10.3. The molecule has 0 saturated carbocycles. The molecule has 1 aromatic heterocycles. The predicted octanol–water partition coefficient (Wildman–Crippen LogP) is 1.98. The van der Waals surface area contributed by atoms with E-state index in [1.54, 1.807) is 12.3 Å². The van der Waals surface area contributed by atoms with E-state index in [0.717, 1.165) is 12.1 Å². The van der Waals surface area contributed by atoms with Crippen LogP contribution in [0.2, 0.25) is 5.15 Å². The predicted molar refractivity (Wildman–Crippen MR) is 66.8 cm³/mol. The minimum atomic E-state index is -0.189. The van der Waals surface area contributed by atoms with Crippen LogP contribution in [0.15, 0.2) is 18.3 Å². The molecule has 0 radical (unpaired) electrons. The van der Waals surface area contributed by atoms with Crippen LogP contribution in [0.3, 0.4) is 0 Å². The van der Waals surface area contributed by atoms with Gasteiger partial charge in [0.2, 0.25) is 0 Å². The molecule has 94 valence electrons. The lowest BCUT2D eigenvalue weighted by Crippen LogP contribution is -2.29. The fraction of sp³-hybridized carbons (Fsp3) is 0.500. The Hall–Kier alpha value is -1.13. The Morgan fingerprint density at radius 3 is 2.82 bits per heavy atom. The SMILES string of the molecule is COC(=O)C(C)CN(C)Cc1ccc(Cl)nc1. The molecule has 1 heterocycles. The van der Waals surface area contributed by atoms with E-state index in [-0.39, 0.29) is 11.9 Å². The van der Waals surface area contributed by atoms with Crippen LogP contribution < -0.4 is 0 Å². The van der Waals surface area contributed by atoms with Gasteiger partial charge in [0.1, 0.15) is 5.15 Å². The van der Waals surface area contributed by atoms with E-state index in [9.17, 15) is 4.79 Å². The van der Waals surface area contributed by atoms with Crippen LogP contribution in [0, 0.1) is 5.92 Å². The van der Waals surface area contributed by atoms with E-state index in [1.807, 2.05) is 24.9 Å². The number of hydrogen-bond acceptors (Lipinski definition) is 4. The summed E-state index contributed by atoms with van der Waals surface area (Å²) in [5.74, 6) is -0.323. The summed E-state index contributed by atoms with van der Waals surface area (Å²) in [6.45, 7) is 3.23. The molecule has 0 aliphatic carbocycles. The van der Waals surface area contributed by atoms with Crippen LogP contribution in [0.1, 0.15) is 12.5 Å². The number of halogens is 1. The van der Waals surface area contributed by atoms with E-state index in [0.29, 0.717) is 11.7 Å². The number of carbonyl (C=O) groups is 1. The average Bonchev–Trinajstić information content (AvgIpc) is 2.30. The highest BCUT2D eigenvalue weighted by atomic mass is 35.5. The first-order valence-electron chi connectivity index (χ1n) is 5.39. The summed E-state index contributed by atoms with van der Waals surface area (Å²) >= 11 is 5.71. The van der Waals surface area contributed by atoms with Gasteiger partial charge in [0.05, 0.1) is 13.0 Å². The van der Waals surface area contributed by atoms with Gasteiger partial charge in [-0.3, -0.25) is 4.79 Å². The van der Waals surface area contributed by atoms with Crippen molar-refractivity contribution in [3.63, 3.8) is 0 Å². The molecular weight excluding hydrogens is 240 g/mol. The summed E-state index contributed by atoms with van der Waals surface area (Å²) in [6.07, 6.45) is 1.74. The van der Waals surface area contributed by atoms with E-state index in [1.165, 1.54) is 7.11 Å². The van der Waals surface area contributed by atoms with Crippen LogP contribution in [0.4, 0.5) is 0 Å². The van der Waals surface area contributed by atoms with Crippen molar-refractivity contribution >= 4 is 17.6 Å². The fourth-order valence-corrected chi connectivity index (χ4v) is 1.73. The molecule has 4 nitrogen and oxygen atoms in total. The molecule has 5 heteroatoms. The summed E-state index contributed by atoms with van der Waals surface area (Å²) in [7, 11) is 3.36. The Morgan fingerprint density at radius 2 is 2.29 bits per heavy atom. The van der Waals surface area contributed by atoms with Crippen molar-refractivity contribution in [2.45, 2.75) is 13.5 Å². The third kappa shape index (κ3) is 4.71. The molecule has 0 spiro atoms. The van der Waals surface area contributed by atoms with Crippen molar-refractivity contribution in [3.8, 4) is 0 Å². The molecule has 0 fully saturated rings. The van der Waals surface area contributed by atoms with Crippen molar-refractivity contribution in [1.82, 2.24) is 9.88 Å². The minimum Gasteiger partial charge on any atom is -0.469 e. The Bertz CT molecular complexity index is 367. The summed E-state index contributed by atoms with van der Waals surface area (Å²) in [5, 5.41) is 0.485. The number of nitrogens with zero attached hydrogens (tertiary/aromatic N) is 2. The summed E-state index contributed by atoms with van der Waals surface area (Å²) in [5.41, 5.74) is 1.06. The molecule has 17 heavy (non-hydrogen) atoms. The topological polar surface area (TPSA) is 42.4 Å². The second-order valence-corrected chi connectivity index (χ2v) is 4.50. The minimum absolute atomic E-state index is 0.134. The quantitative estimate of drug-likeness (QED) is 0.597. The molecule has 0 aromatic carbocycles. The molecule has 1 atom stereocenters. The van der Waals surface area contributed by atoms with Crippen LogP contribution in [0.25, 0.3) is 0 Å². The number of hydrogen-bond donors (Lipinski definition) is 0. The van der Waals surface area contributed by atoms with Gasteiger partial charge in [0.25, 0.3) is 0 Å². The van der Waals surface area contributed by atoms with Crippen molar-refractivity contribution in [1.29, 1.82) is 0 Å². The first-order valence-corrected chi connectivity index (χ1v) is 5.77. The first-order chi connectivity index (χ1) is 8.02. The maximum Gasteiger partial charge on any atom is 0.309 e. The van der Waals surface area contributed by atoms with Crippen LogP contribution in [-0.4, -0.2) is 36.6 Å². The number of pyridine rings is 1. The smallest absolute Gasteiger partial charge is 0.309 e. The molecule has 1 rings (SSSR count). The Morgan fingerprint density at radius 1 is 1.59 bits per heavy atom. The maximum absolute atomic E-state index is 11.3. The highest BCUT2D eigenvalue weighted by molar-refractivity contribution is 6.29. The zero-order valence-corrected chi connectivity index (χ0v) is 11.1. The van der Waals surface area contributed by atoms with Crippen molar-refractivity contribution in [3.05, 3.63) is 29.0 Å². The van der Waals surface area contributed by atoms with Gasteiger partial charge in [-0.15, -0.1) is 0 Å². The monoisotopic (exact) mass is 256 g/mol. The molecule has 0 aliphatic heterocycles. The van der Waals surface area contributed by atoms with Gasteiger partial charge in [-0.05, 0) is 18.7 Å². The molecule has 0 saturated heterocycles. The van der Waals surface area contributed by atoms with E-state index in [4.69, 9.17) is 11.6 Å². The van der Waals surface area contributed by atoms with E-state index < -0.39 is 0 Å². The Labute approximate surface area is 107 Å². The second kappa shape index (κ2) is 6.57. The number of aromatic nitrogens is 1. The van der Waals surface area contributed by atoms with Gasteiger partial charge in [-0.2, -0.15) is 0 Å². The summed E-state index contributed by atoms with van der Waals surface area (Å²) in [4.78, 5) is 17.3. The van der Waals surface area contributed by atoms with Gasteiger partial charge in [-0.25, -0.2) is 4.98 Å². The number of methoxy groups -OCH3 is 1. The summed E-state index contributed by atoms with van der Waals surface area (Å²) in [6, 6.07) is 3.68. The van der Waals surface area contributed by atoms with Gasteiger partial charge < -0.3 is 9.64 Å². The van der Waals surface area contributed by atoms with Crippen molar-refractivity contribution in [2.24, 2.45) is 5.92 Å². The highest BCUT2D eigenvalue weighted by Crippen LogP contribution is 2.09. The largest absolute Gasteiger partial charge is 0.469 e. The third-order valence-electron chi connectivity index (χ3n) is 2.43. The lowest BCUT2D eigenvalue weighted by molar-refractivity contribution is -0.145. The van der Waals surface area contributed by atoms with Crippen LogP contribution in [-0.2, 0) is 16.1 Å². The standard InChI is InChI=1S/C12H17ClN2O2/c1-9(12(16)17-3)7-15(2)8-10-4-5-11(13)14-6-10/h4-6,9H,7-8H2,1-3H3. The molecule has 0 N–H and O–H groups in total. The Balaban J connectivity index is 2.46. The number of rotatable bonds is 5. The molecular formula is C12H17ClN2O2. The van der Waals surface area contributed by atoms with Gasteiger partial charge in [0, 0.05) is 19.3 Å². The second-order valence-electron chi connectivity index (χ2n) is 4.11. The number of carbonyl (C=O) groups excluding carboxylic acids is 1. The lowest BCUT2D eigenvalue weighted by Gasteiger charge is -2.19. The number of ether oxygens (including phenoxy) is 1. The summed E-state index contributed by atoms with van der Waals surface area (Å²) < 4.78 is 4.68. The van der Waals surface area contributed by atoms with E-state index in [2.05, 4.69) is 9.72 Å².